The van der Waals surface area contributed by atoms with E-state index in [0.29, 0.717) is 16.4 Å². The van der Waals surface area contributed by atoms with Crippen molar-refractivity contribution in [1.29, 1.82) is 0 Å². The molecule has 0 bridgehead atoms. The number of nitrogens with one attached hydrogen (secondary N) is 1. The van der Waals surface area contributed by atoms with Crippen molar-refractivity contribution >= 4 is 55.4 Å². The molecular formula is C19H15Cl2F2N3O3S2. The summed E-state index contributed by atoms with van der Waals surface area (Å²) in [6, 6.07) is 8.82. The van der Waals surface area contributed by atoms with Crippen LogP contribution in [0.2, 0.25) is 10.0 Å². The highest BCUT2D eigenvalue weighted by Crippen LogP contribution is 2.41. The summed E-state index contributed by atoms with van der Waals surface area (Å²) in [5.74, 6) is -4.85. The van der Waals surface area contributed by atoms with Crippen LogP contribution in [0.15, 0.2) is 46.8 Å². The Hall–Kier alpha value is -2.14. The smallest absolute Gasteiger partial charge is 0.291 e. The van der Waals surface area contributed by atoms with E-state index < -0.39 is 43.7 Å². The third kappa shape index (κ3) is 5.38. The molecule has 12 heteroatoms. The maximum absolute atomic E-state index is 14.5. The molecule has 1 aromatic carbocycles. The minimum atomic E-state index is -4.27. The number of benzene rings is 1. The highest BCUT2D eigenvalue weighted by Gasteiger charge is 2.40. The molecule has 0 saturated heterocycles. The van der Waals surface area contributed by atoms with Gasteiger partial charge in [-0.2, -0.15) is 8.78 Å². The van der Waals surface area contributed by atoms with Gasteiger partial charge in [-0.05, 0) is 29.8 Å². The van der Waals surface area contributed by atoms with Gasteiger partial charge >= 0.3 is 0 Å². The average molecular weight is 506 g/mol. The first kappa shape index (κ1) is 23.5. The molecule has 0 atom stereocenters. The van der Waals surface area contributed by atoms with E-state index in [4.69, 9.17) is 23.2 Å². The molecule has 0 saturated carbocycles. The molecule has 31 heavy (non-hydrogen) atoms. The molecule has 1 amide bonds. The second-order valence-corrected chi connectivity index (χ2v) is 10.4. The number of nitrogens with zero attached hydrogens (tertiary/aromatic N) is 2. The molecule has 3 rings (SSSR count). The van der Waals surface area contributed by atoms with Crippen molar-refractivity contribution in [2.45, 2.75) is 29.2 Å². The van der Waals surface area contributed by atoms with Crippen molar-refractivity contribution < 1.29 is 22.0 Å². The number of carbonyl (C=O) groups excluding carboxylic acids is 1. The lowest BCUT2D eigenvalue weighted by molar-refractivity contribution is -0.0148. The number of sulfone groups is 1. The summed E-state index contributed by atoms with van der Waals surface area (Å²) in [4.78, 5) is 19.9. The summed E-state index contributed by atoms with van der Waals surface area (Å²) in [7, 11) is -4.27. The van der Waals surface area contributed by atoms with E-state index in [1.165, 1.54) is 37.4 Å². The molecule has 164 valence electrons. The number of hydrogen-bond acceptors (Lipinski definition) is 6. The maximum atomic E-state index is 14.5. The molecular weight excluding hydrogens is 491 g/mol. The van der Waals surface area contributed by atoms with Crippen LogP contribution in [0.3, 0.4) is 0 Å². The number of thiazole rings is 1. The zero-order chi connectivity index (χ0) is 22.8. The average Bonchev–Trinajstić information content (AvgIpc) is 3.16. The summed E-state index contributed by atoms with van der Waals surface area (Å²) >= 11 is 12.3. The summed E-state index contributed by atoms with van der Waals surface area (Å²) in [5, 5.41) is 2.45. The summed E-state index contributed by atoms with van der Waals surface area (Å²) in [6.07, 6.45) is 0.716. The second kappa shape index (κ2) is 9.15. The third-order valence-electron chi connectivity index (χ3n) is 4.15. The third-order valence-corrected chi connectivity index (χ3v) is 7.96. The van der Waals surface area contributed by atoms with Crippen LogP contribution < -0.4 is 5.32 Å². The topological polar surface area (TPSA) is 89.0 Å². The lowest BCUT2D eigenvalue weighted by Gasteiger charge is -2.13. The Kier molecular flexibility index (Phi) is 6.95. The van der Waals surface area contributed by atoms with Crippen LogP contribution in [0.5, 0.6) is 0 Å². The summed E-state index contributed by atoms with van der Waals surface area (Å²) < 4.78 is 54.4. The molecule has 0 aliphatic carbocycles. The molecule has 3 aromatic rings. The minimum Gasteiger partial charge on any atom is -0.296 e. The molecule has 0 aliphatic heterocycles. The molecule has 0 radical (unpaired) electrons. The van der Waals surface area contributed by atoms with Crippen molar-refractivity contribution in [3.05, 3.63) is 69.6 Å². The number of amides is 1. The zero-order valence-electron chi connectivity index (χ0n) is 15.9. The largest absolute Gasteiger partial charge is 0.296 e. The SMILES string of the molecule is CCC(F)(F)c1nc(NC(=O)c2ccccn2)sc1S(=O)(=O)Cc1ccc(Cl)cc1Cl. The Morgan fingerprint density at radius 2 is 1.97 bits per heavy atom. The van der Waals surface area contributed by atoms with Crippen LogP contribution >= 0.6 is 34.5 Å². The Balaban J connectivity index is 2.00. The number of rotatable bonds is 7. The van der Waals surface area contributed by atoms with Crippen molar-refractivity contribution in [3.8, 4) is 0 Å². The van der Waals surface area contributed by atoms with Gasteiger partial charge < -0.3 is 0 Å². The normalized spacial score (nSPS) is 12.0. The minimum absolute atomic E-state index is 0.0267. The summed E-state index contributed by atoms with van der Waals surface area (Å²) in [6.45, 7) is 1.21. The number of aromatic nitrogens is 2. The molecule has 2 aromatic heterocycles. The number of pyridine rings is 1. The quantitative estimate of drug-likeness (QED) is 0.453. The standard InChI is InChI=1S/C19H15Cl2F2N3O3S2/c1-2-19(22,23)15-17(31(28,29)10-11-6-7-12(20)9-13(11)21)30-18(25-15)26-16(27)14-5-3-4-8-24-14/h3-9H,2,10H2,1H3,(H,25,26,27). The van der Waals surface area contributed by atoms with E-state index in [1.807, 2.05) is 0 Å². The van der Waals surface area contributed by atoms with Gasteiger partial charge in [-0.25, -0.2) is 13.4 Å². The predicted molar refractivity (Wildman–Crippen MR) is 116 cm³/mol. The number of hydrogen-bond donors (Lipinski definition) is 1. The Bertz CT molecular complexity index is 1220. The number of carbonyl (C=O) groups is 1. The Morgan fingerprint density at radius 1 is 1.23 bits per heavy atom. The number of alkyl halides is 2. The molecule has 0 aliphatic rings. The number of anilines is 1. The predicted octanol–water partition coefficient (Wildman–Crippen LogP) is 5.57. The first-order chi connectivity index (χ1) is 14.5. The Labute approximate surface area is 191 Å². The fourth-order valence-electron chi connectivity index (χ4n) is 2.54. The summed E-state index contributed by atoms with van der Waals surface area (Å²) in [5.41, 5.74) is -0.690. The van der Waals surface area contributed by atoms with E-state index >= 15 is 0 Å². The van der Waals surface area contributed by atoms with E-state index in [9.17, 15) is 22.0 Å². The van der Waals surface area contributed by atoms with Crippen LogP contribution in [0.4, 0.5) is 13.9 Å². The van der Waals surface area contributed by atoms with Crippen LogP contribution in [0.25, 0.3) is 0 Å². The van der Waals surface area contributed by atoms with Crippen LogP contribution in [-0.2, 0) is 21.5 Å². The van der Waals surface area contributed by atoms with E-state index in [-0.39, 0.29) is 21.4 Å². The lowest BCUT2D eigenvalue weighted by Crippen LogP contribution is -2.18. The van der Waals surface area contributed by atoms with Crippen molar-refractivity contribution in [1.82, 2.24) is 9.97 Å². The van der Waals surface area contributed by atoms with Crippen LogP contribution in [-0.4, -0.2) is 24.3 Å². The molecule has 1 N–H and O–H groups in total. The van der Waals surface area contributed by atoms with Gasteiger partial charge in [-0.3, -0.25) is 15.1 Å². The van der Waals surface area contributed by atoms with Gasteiger partial charge in [-0.15, -0.1) is 0 Å². The first-order valence-corrected chi connectivity index (χ1v) is 12.0. The van der Waals surface area contributed by atoms with Crippen LogP contribution in [0, 0.1) is 0 Å². The second-order valence-electron chi connectivity index (χ2n) is 6.38. The van der Waals surface area contributed by atoms with E-state index in [2.05, 4.69) is 15.3 Å². The van der Waals surface area contributed by atoms with E-state index in [0.717, 1.165) is 0 Å². The molecule has 2 heterocycles. The van der Waals surface area contributed by atoms with Gasteiger partial charge in [0.1, 0.15) is 11.4 Å². The molecule has 6 nitrogen and oxygen atoms in total. The first-order valence-electron chi connectivity index (χ1n) is 8.81. The van der Waals surface area contributed by atoms with Gasteiger partial charge in [0.2, 0.25) is 0 Å². The monoisotopic (exact) mass is 505 g/mol. The zero-order valence-corrected chi connectivity index (χ0v) is 19.0. The van der Waals surface area contributed by atoms with Crippen molar-refractivity contribution in [2.24, 2.45) is 0 Å². The van der Waals surface area contributed by atoms with Crippen molar-refractivity contribution in [3.63, 3.8) is 0 Å². The highest BCUT2D eigenvalue weighted by molar-refractivity contribution is 7.92. The molecule has 0 fully saturated rings. The van der Waals surface area contributed by atoms with E-state index in [1.54, 1.807) is 12.1 Å². The van der Waals surface area contributed by atoms with Crippen molar-refractivity contribution in [2.75, 3.05) is 5.32 Å². The van der Waals surface area contributed by atoms with Gasteiger partial charge in [0, 0.05) is 22.7 Å². The Morgan fingerprint density at radius 3 is 2.58 bits per heavy atom. The van der Waals surface area contributed by atoms with Gasteiger partial charge in [0.15, 0.2) is 19.2 Å². The van der Waals surface area contributed by atoms with Gasteiger partial charge in [-0.1, -0.05) is 53.6 Å². The van der Waals surface area contributed by atoms with Gasteiger partial charge in [0.05, 0.1) is 5.75 Å². The molecule has 0 spiro atoms. The van der Waals surface area contributed by atoms with Gasteiger partial charge in [0.25, 0.3) is 11.8 Å². The molecule has 0 unspecified atom stereocenters. The van der Waals surface area contributed by atoms with Crippen LogP contribution in [0.1, 0.15) is 35.1 Å². The number of halogens is 4. The fourth-order valence-corrected chi connectivity index (χ4v) is 6.04. The highest BCUT2D eigenvalue weighted by atomic mass is 35.5. The lowest BCUT2D eigenvalue weighted by atomic mass is 10.2. The maximum Gasteiger partial charge on any atom is 0.291 e. The fraction of sp³-hybridized carbons (Fsp3) is 0.211.